The molecule has 26 heavy (non-hydrogen) atoms. The van der Waals surface area contributed by atoms with Crippen molar-refractivity contribution < 1.29 is 14.3 Å². The minimum Gasteiger partial charge on any atom is -0.496 e. The molecule has 0 spiro atoms. The van der Waals surface area contributed by atoms with Gasteiger partial charge in [-0.05, 0) is 31.0 Å². The fraction of sp³-hybridized carbons (Fsp3) is 0.600. The number of para-hydroxylation sites is 1. The van der Waals surface area contributed by atoms with Crippen LogP contribution < -0.4 is 10.1 Å². The van der Waals surface area contributed by atoms with Gasteiger partial charge in [0.25, 0.3) is 0 Å². The van der Waals surface area contributed by atoms with Crippen molar-refractivity contribution in [1.82, 2.24) is 15.1 Å². The number of likely N-dealkylation sites (N-methyl/N-ethyl adjacent to an activating group) is 1. The number of carbonyl (C=O) groups excluding carboxylic acids is 2. The Morgan fingerprint density at radius 1 is 1.15 bits per heavy atom. The van der Waals surface area contributed by atoms with Crippen molar-refractivity contribution in [1.29, 1.82) is 0 Å². The lowest BCUT2D eigenvalue weighted by Gasteiger charge is -2.34. The summed E-state index contributed by atoms with van der Waals surface area (Å²) in [5.41, 5.74) is 1.08. The number of benzene rings is 1. The molecule has 3 rings (SSSR count). The van der Waals surface area contributed by atoms with Gasteiger partial charge >= 0.3 is 0 Å². The van der Waals surface area contributed by atoms with E-state index in [1.807, 2.05) is 29.2 Å². The van der Waals surface area contributed by atoms with Gasteiger partial charge in [0.2, 0.25) is 11.8 Å². The zero-order valence-corrected chi connectivity index (χ0v) is 15.7. The lowest BCUT2D eigenvalue weighted by atomic mass is 10.1. The van der Waals surface area contributed by atoms with Gasteiger partial charge in [0.15, 0.2) is 0 Å². The van der Waals surface area contributed by atoms with Crippen LogP contribution in [0.15, 0.2) is 24.3 Å². The molecule has 6 nitrogen and oxygen atoms in total. The predicted octanol–water partition coefficient (Wildman–Crippen LogP) is 1.15. The maximum atomic E-state index is 12.6. The Labute approximate surface area is 155 Å². The minimum absolute atomic E-state index is 0.00504. The molecule has 1 aliphatic heterocycles. The third kappa shape index (κ3) is 4.36. The molecular formula is C20H29N3O3. The van der Waals surface area contributed by atoms with E-state index in [9.17, 15) is 9.59 Å². The molecule has 2 fully saturated rings. The highest BCUT2D eigenvalue weighted by Gasteiger charge is 2.49. The molecule has 1 aromatic rings. The van der Waals surface area contributed by atoms with Crippen LogP contribution in [-0.4, -0.2) is 68.0 Å². The number of hydrogen-bond donors (Lipinski definition) is 1. The smallest absolute Gasteiger partial charge is 0.226 e. The summed E-state index contributed by atoms with van der Waals surface area (Å²) < 4.78 is 5.33. The summed E-state index contributed by atoms with van der Waals surface area (Å²) in [5.74, 6) is 0.738. The van der Waals surface area contributed by atoms with Crippen molar-refractivity contribution in [3.8, 4) is 5.75 Å². The number of rotatable bonds is 7. The zero-order chi connectivity index (χ0) is 18.5. The number of piperazine rings is 1. The second-order valence-electron chi connectivity index (χ2n) is 7.06. The molecule has 1 heterocycles. The highest BCUT2D eigenvalue weighted by Crippen LogP contribution is 2.40. The quantitative estimate of drug-likeness (QED) is 0.793. The molecule has 0 aromatic heterocycles. The van der Waals surface area contributed by atoms with Crippen LogP contribution in [0.4, 0.5) is 0 Å². The van der Waals surface area contributed by atoms with E-state index in [1.165, 1.54) is 0 Å². The van der Waals surface area contributed by atoms with Gasteiger partial charge in [-0.15, -0.1) is 0 Å². The molecule has 2 atom stereocenters. The topological polar surface area (TPSA) is 61.9 Å². The van der Waals surface area contributed by atoms with E-state index in [-0.39, 0.29) is 23.7 Å². The van der Waals surface area contributed by atoms with E-state index in [1.54, 1.807) is 7.11 Å². The Bertz CT molecular complexity index is 641. The molecule has 1 saturated heterocycles. The Morgan fingerprint density at radius 2 is 1.88 bits per heavy atom. The first kappa shape index (κ1) is 18.7. The number of nitrogens with zero attached hydrogens (tertiary/aromatic N) is 2. The second-order valence-corrected chi connectivity index (χ2v) is 7.06. The number of amides is 2. The van der Waals surface area contributed by atoms with Gasteiger partial charge in [-0.2, -0.15) is 0 Å². The van der Waals surface area contributed by atoms with E-state index < -0.39 is 0 Å². The molecule has 1 saturated carbocycles. The molecule has 1 aromatic carbocycles. The average molecular weight is 359 g/mol. The highest BCUT2D eigenvalue weighted by molar-refractivity contribution is 5.92. The number of methoxy groups -OCH3 is 1. The van der Waals surface area contributed by atoms with Crippen molar-refractivity contribution in [3.63, 3.8) is 0 Å². The lowest BCUT2D eigenvalue weighted by molar-refractivity contribution is -0.136. The van der Waals surface area contributed by atoms with E-state index in [2.05, 4.69) is 17.1 Å². The molecule has 2 aliphatic rings. The standard InChI is InChI=1S/C20H29N3O3/c1-3-22-10-12-23(13-11-22)20(25)17-14-16(17)19(24)21-9-8-15-6-4-5-7-18(15)26-2/h4-7,16-17H,3,8-14H2,1-2H3,(H,21,24). The third-order valence-electron chi connectivity index (χ3n) is 5.46. The van der Waals surface area contributed by atoms with Crippen molar-refractivity contribution in [2.45, 2.75) is 19.8 Å². The average Bonchev–Trinajstić information content (AvgIpc) is 3.49. The number of hydrogen-bond acceptors (Lipinski definition) is 4. The van der Waals surface area contributed by atoms with Crippen LogP contribution in [0, 0.1) is 11.8 Å². The van der Waals surface area contributed by atoms with Gasteiger partial charge in [-0.1, -0.05) is 25.1 Å². The summed E-state index contributed by atoms with van der Waals surface area (Å²) in [5, 5.41) is 2.97. The predicted molar refractivity (Wildman–Crippen MR) is 100.0 cm³/mol. The zero-order valence-electron chi connectivity index (χ0n) is 15.7. The molecule has 1 N–H and O–H groups in total. The van der Waals surface area contributed by atoms with Gasteiger partial charge in [0, 0.05) is 32.7 Å². The summed E-state index contributed by atoms with van der Waals surface area (Å²) in [4.78, 5) is 29.2. The molecule has 6 heteroatoms. The second kappa shape index (κ2) is 8.54. The van der Waals surface area contributed by atoms with E-state index in [4.69, 9.17) is 4.74 Å². The summed E-state index contributed by atoms with van der Waals surface area (Å²) in [6.45, 7) is 7.17. The molecule has 1 aliphatic carbocycles. The van der Waals surface area contributed by atoms with Crippen LogP contribution in [-0.2, 0) is 16.0 Å². The maximum absolute atomic E-state index is 12.6. The highest BCUT2D eigenvalue weighted by atomic mass is 16.5. The van der Waals surface area contributed by atoms with Crippen molar-refractivity contribution in [2.75, 3.05) is 46.4 Å². The SMILES string of the molecule is CCN1CCN(C(=O)C2CC2C(=O)NCCc2ccccc2OC)CC1. The van der Waals surface area contributed by atoms with E-state index in [0.717, 1.165) is 50.5 Å². The molecular weight excluding hydrogens is 330 g/mol. The fourth-order valence-corrected chi connectivity index (χ4v) is 3.64. The number of carbonyl (C=O) groups is 2. The number of nitrogens with one attached hydrogen (secondary N) is 1. The van der Waals surface area contributed by atoms with E-state index in [0.29, 0.717) is 13.0 Å². The summed E-state index contributed by atoms with van der Waals surface area (Å²) in [7, 11) is 1.65. The molecule has 2 amide bonds. The van der Waals surface area contributed by atoms with Gasteiger partial charge in [-0.25, -0.2) is 0 Å². The van der Waals surface area contributed by atoms with Gasteiger partial charge in [0.1, 0.15) is 5.75 Å². The minimum atomic E-state index is -0.149. The van der Waals surface area contributed by atoms with Crippen LogP contribution in [0.1, 0.15) is 18.9 Å². The normalized spacial score (nSPS) is 22.8. The molecule has 0 radical (unpaired) electrons. The Balaban J connectivity index is 1.41. The van der Waals surface area contributed by atoms with Crippen LogP contribution >= 0.6 is 0 Å². The summed E-state index contributed by atoms with van der Waals surface area (Å²) >= 11 is 0. The van der Waals surface area contributed by atoms with Crippen LogP contribution in [0.2, 0.25) is 0 Å². The third-order valence-corrected chi connectivity index (χ3v) is 5.46. The van der Waals surface area contributed by atoms with Crippen LogP contribution in [0.3, 0.4) is 0 Å². The van der Waals surface area contributed by atoms with Crippen molar-refractivity contribution in [2.24, 2.45) is 11.8 Å². The van der Waals surface area contributed by atoms with Crippen molar-refractivity contribution in [3.05, 3.63) is 29.8 Å². The fourth-order valence-electron chi connectivity index (χ4n) is 3.64. The van der Waals surface area contributed by atoms with Crippen LogP contribution in [0.5, 0.6) is 5.75 Å². The lowest BCUT2D eigenvalue weighted by Crippen LogP contribution is -2.49. The largest absolute Gasteiger partial charge is 0.496 e. The summed E-state index contributed by atoms with van der Waals surface area (Å²) in [6.07, 6.45) is 1.41. The van der Waals surface area contributed by atoms with Gasteiger partial charge in [0.05, 0.1) is 18.9 Å². The van der Waals surface area contributed by atoms with Crippen LogP contribution in [0.25, 0.3) is 0 Å². The van der Waals surface area contributed by atoms with Gasteiger partial charge < -0.3 is 19.9 Å². The maximum Gasteiger partial charge on any atom is 0.226 e. The Morgan fingerprint density at radius 3 is 2.58 bits per heavy atom. The molecule has 2 unspecified atom stereocenters. The number of ether oxygens (including phenoxy) is 1. The molecule has 142 valence electrons. The van der Waals surface area contributed by atoms with Crippen molar-refractivity contribution >= 4 is 11.8 Å². The first-order valence-electron chi connectivity index (χ1n) is 9.54. The Kier molecular flexibility index (Phi) is 6.14. The summed E-state index contributed by atoms with van der Waals surface area (Å²) in [6, 6.07) is 7.82. The molecule has 0 bridgehead atoms. The Hall–Kier alpha value is -2.08. The first-order chi connectivity index (χ1) is 12.6. The first-order valence-corrected chi connectivity index (χ1v) is 9.54. The van der Waals surface area contributed by atoms with Gasteiger partial charge in [-0.3, -0.25) is 9.59 Å². The monoisotopic (exact) mass is 359 g/mol. The van der Waals surface area contributed by atoms with E-state index >= 15 is 0 Å².